The number of hydrogen-bond acceptors (Lipinski definition) is 5. The summed E-state index contributed by atoms with van der Waals surface area (Å²) in [5.74, 6) is 0.735. The molecule has 124 valence electrons. The molecule has 0 radical (unpaired) electrons. The van der Waals surface area contributed by atoms with Crippen LogP contribution in [0.3, 0.4) is 0 Å². The minimum absolute atomic E-state index is 0.0918. The zero-order valence-corrected chi connectivity index (χ0v) is 13.8. The van der Waals surface area contributed by atoms with Crippen molar-refractivity contribution < 1.29 is 22.7 Å². The summed E-state index contributed by atoms with van der Waals surface area (Å²) in [6, 6.07) is 4.42. The van der Waals surface area contributed by atoms with Gasteiger partial charge in [0.15, 0.2) is 11.5 Å². The van der Waals surface area contributed by atoms with Crippen LogP contribution in [0.4, 0.5) is 0 Å². The van der Waals surface area contributed by atoms with Crippen molar-refractivity contribution in [3.63, 3.8) is 0 Å². The standard InChI is InChI=1S/C14H22N2O5S/c1-11(17)15-8-4-5-9-16-22(18,19)12-6-7-13(20-2)14(10-12)21-3/h6-7,10,16H,4-5,8-9H2,1-3H3,(H,15,17). The number of nitrogens with one attached hydrogen (secondary N) is 2. The fraction of sp³-hybridized carbons (Fsp3) is 0.500. The van der Waals surface area contributed by atoms with Crippen molar-refractivity contribution in [2.24, 2.45) is 0 Å². The van der Waals surface area contributed by atoms with E-state index in [4.69, 9.17) is 9.47 Å². The van der Waals surface area contributed by atoms with E-state index < -0.39 is 10.0 Å². The van der Waals surface area contributed by atoms with Gasteiger partial charge in [-0.25, -0.2) is 13.1 Å². The molecule has 22 heavy (non-hydrogen) atoms. The number of hydrogen-bond donors (Lipinski definition) is 2. The van der Waals surface area contributed by atoms with E-state index in [1.54, 1.807) is 6.07 Å². The van der Waals surface area contributed by atoms with E-state index in [2.05, 4.69) is 10.0 Å². The quantitative estimate of drug-likeness (QED) is 0.656. The number of ether oxygens (including phenoxy) is 2. The van der Waals surface area contributed by atoms with Crippen LogP contribution in [0, 0.1) is 0 Å². The SMILES string of the molecule is COc1ccc(S(=O)(=O)NCCCCNC(C)=O)cc1OC. The minimum Gasteiger partial charge on any atom is -0.493 e. The van der Waals surface area contributed by atoms with E-state index in [0.29, 0.717) is 37.4 Å². The Morgan fingerprint density at radius 1 is 1.09 bits per heavy atom. The lowest BCUT2D eigenvalue weighted by Gasteiger charge is -2.11. The number of carbonyl (C=O) groups excluding carboxylic acids is 1. The van der Waals surface area contributed by atoms with Crippen molar-refractivity contribution in [2.45, 2.75) is 24.7 Å². The maximum atomic E-state index is 12.2. The van der Waals surface area contributed by atoms with E-state index in [0.717, 1.165) is 0 Å². The van der Waals surface area contributed by atoms with Crippen LogP contribution in [0.2, 0.25) is 0 Å². The van der Waals surface area contributed by atoms with Crippen LogP contribution >= 0.6 is 0 Å². The van der Waals surface area contributed by atoms with Crippen molar-refractivity contribution in [3.8, 4) is 11.5 Å². The molecule has 1 amide bonds. The Labute approximate surface area is 131 Å². The van der Waals surface area contributed by atoms with Crippen LogP contribution < -0.4 is 19.5 Å². The first-order valence-electron chi connectivity index (χ1n) is 6.87. The lowest BCUT2D eigenvalue weighted by Crippen LogP contribution is -2.26. The second-order valence-corrected chi connectivity index (χ2v) is 6.37. The van der Waals surface area contributed by atoms with Gasteiger partial charge in [0.2, 0.25) is 15.9 Å². The summed E-state index contributed by atoms with van der Waals surface area (Å²) in [4.78, 5) is 10.8. The summed E-state index contributed by atoms with van der Waals surface area (Å²) in [5.41, 5.74) is 0. The maximum absolute atomic E-state index is 12.2. The van der Waals surface area contributed by atoms with Gasteiger partial charge >= 0.3 is 0 Å². The largest absolute Gasteiger partial charge is 0.493 e. The Bertz CT molecular complexity index is 601. The molecule has 1 aromatic carbocycles. The normalized spacial score (nSPS) is 11.0. The van der Waals surface area contributed by atoms with Gasteiger partial charge in [0, 0.05) is 26.1 Å². The van der Waals surface area contributed by atoms with E-state index in [1.807, 2.05) is 0 Å². The molecule has 0 saturated carbocycles. The molecular weight excluding hydrogens is 308 g/mol. The summed E-state index contributed by atoms with van der Waals surface area (Å²) < 4.78 is 37.0. The monoisotopic (exact) mass is 330 g/mol. The smallest absolute Gasteiger partial charge is 0.240 e. The predicted molar refractivity (Wildman–Crippen MR) is 82.7 cm³/mol. The van der Waals surface area contributed by atoms with Gasteiger partial charge in [-0.3, -0.25) is 4.79 Å². The zero-order valence-electron chi connectivity index (χ0n) is 13.0. The fourth-order valence-corrected chi connectivity index (χ4v) is 2.88. The van der Waals surface area contributed by atoms with Crippen LogP contribution in [0.1, 0.15) is 19.8 Å². The molecule has 0 unspecified atom stereocenters. The van der Waals surface area contributed by atoms with Crippen molar-refractivity contribution in [3.05, 3.63) is 18.2 Å². The molecule has 0 aliphatic heterocycles. The van der Waals surface area contributed by atoms with Crippen molar-refractivity contribution in [1.82, 2.24) is 10.0 Å². The lowest BCUT2D eigenvalue weighted by molar-refractivity contribution is -0.118. The molecular formula is C14H22N2O5S. The fourth-order valence-electron chi connectivity index (χ4n) is 1.79. The van der Waals surface area contributed by atoms with Crippen LogP contribution in [0.5, 0.6) is 11.5 Å². The summed E-state index contributed by atoms with van der Waals surface area (Å²) in [6.07, 6.45) is 1.33. The first kappa shape index (κ1) is 18.2. The second kappa shape index (κ2) is 8.60. The Kier molecular flexibility index (Phi) is 7.13. The Morgan fingerprint density at radius 3 is 2.32 bits per heavy atom. The molecule has 7 nitrogen and oxygen atoms in total. The van der Waals surface area contributed by atoms with Gasteiger partial charge in [-0.1, -0.05) is 0 Å². The Balaban J connectivity index is 2.57. The summed E-state index contributed by atoms with van der Waals surface area (Å²) >= 11 is 0. The number of amides is 1. The van der Waals surface area contributed by atoms with Crippen molar-refractivity contribution in [2.75, 3.05) is 27.3 Å². The molecule has 0 atom stereocenters. The van der Waals surface area contributed by atoms with Gasteiger partial charge in [-0.05, 0) is 25.0 Å². The number of benzene rings is 1. The van der Waals surface area contributed by atoms with Gasteiger partial charge in [-0.2, -0.15) is 0 Å². The molecule has 1 rings (SSSR count). The lowest BCUT2D eigenvalue weighted by atomic mass is 10.3. The highest BCUT2D eigenvalue weighted by atomic mass is 32.2. The average Bonchev–Trinajstić information content (AvgIpc) is 2.49. The molecule has 2 N–H and O–H groups in total. The minimum atomic E-state index is -3.59. The van der Waals surface area contributed by atoms with E-state index in [1.165, 1.54) is 33.3 Å². The zero-order chi connectivity index (χ0) is 16.6. The number of carbonyl (C=O) groups is 1. The Hall–Kier alpha value is -1.80. The van der Waals surface area contributed by atoms with Crippen LogP contribution in [-0.4, -0.2) is 41.6 Å². The summed E-state index contributed by atoms with van der Waals surface area (Å²) in [6.45, 7) is 2.28. The molecule has 0 bridgehead atoms. The molecule has 8 heteroatoms. The molecule has 0 aliphatic rings. The molecule has 0 aliphatic carbocycles. The topological polar surface area (TPSA) is 93.7 Å². The van der Waals surface area contributed by atoms with Gasteiger partial charge in [-0.15, -0.1) is 0 Å². The highest BCUT2D eigenvalue weighted by molar-refractivity contribution is 7.89. The predicted octanol–water partition coefficient (Wildman–Crippen LogP) is 0.898. The Morgan fingerprint density at radius 2 is 1.73 bits per heavy atom. The van der Waals surface area contributed by atoms with Gasteiger partial charge in [0.25, 0.3) is 0 Å². The highest BCUT2D eigenvalue weighted by Crippen LogP contribution is 2.29. The number of sulfonamides is 1. The van der Waals surface area contributed by atoms with Crippen LogP contribution in [-0.2, 0) is 14.8 Å². The highest BCUT2D eigenvalue weighted by Gasteiger charge is 2.16. The number of unbranched alkanes of at least 4 members (excludes halogenated alkanes) is 1. The summed E-state index contributed by atoms with van der Waals surface area (Å²) in [5, 5.41) is 2.66. The third kappa shape index (κ3) is 5.53. The molecule has 0 fully saturated rings. The molecule has 0 aromatic heterocycles. The van der Waals surface area contributed by atoms with Crippen LogP contribution in [0.25, 0.3) is 0 Å². The number of rotatable bonds is 9. The first-order chi connectivity index (χ1) is 10.4. The van der Waals surface area contributed by atoms with Crippen molar-refractivity contribution in [1.29, 1.82) is 0 Å². The van der Waals surface area contributed by atoms with Gasteiger partial charge in [0.1, 0.15) is 0 Å². The molecule has 0 spiro atoms. The molecule has 0 saturated heterocycles. The second-order valence-electron chi connectivity index (χ2n) is 4.60. The first-order valence-corrected chi connectivity index (χ1v) is 8.35. The van der Waals surface area contributed by atoms with E-state index in [-0.39, 0.29) is 10.8 Å². The third-order valence-electron chi connectivity index (χ3n) is 2.93. The third-order valence-corrected chi connectivity index (χ3v) is 4.39. The number of methoxy groups -OCH3 is 2. The van der Waals surface area contributed by atoms with Crippen molar-refractivity contribution >= 4 is 15.9 Å². The average molecular weight is 330 g/mol. The maximum Gasteiger partial charge on any atom is 0.240 e. The van der Waals surface area contributed by atoms with Crippen LogP contribution in [0.15, 0.2) is 23.1 Å². The molecule has 1 aromatic rings. The molecule has 0 heterocycles. The summed E-state index contributed by atoms with van der Waals surface area (Å²) in [7, 11) is -0.661. The van der Waals surface area contributed by atoms with Gasteiger partial charge in [0.05, 0.1) is 19.1 Å². The van der Waals surface area contributed by atoms with E-state index in [9.17, 15) is 13.2 Å². The van der Waals surface area contributed by atoms with Gasteiger partial charge < -0.3 is 14.8 Å². The van der Waals surface area contributed by atoms with E-state index >= 15 is 0 Å².